The number of esters is 1. The van der Waals surface area contributed by atoms with E-state index in [-0.39, 0.29) is 19.8 Å². The minimum atomic E-state index is -1.27. The van der Waals surface area contributed by atoms with Gasteiger partial charge in [-0.15, -0.1) is 0 Å². The highest BCUT2D eigenvalue weighted by atomic mass is 16.6. The molecule has 0 aromatic heterocycles. The third kappa shape index (κ3) is 11.1. The van der Waals surface area contributed by atoms with Gasteiger partial charge in [-0.2, -0.15) is 0 Å². The molecule has 2 aromatic rings. The lowest BCUT2D eigenvalue weighted by Crippen LogP contribution is -2.53. The van der Waals surface area contributed by atoms with E-state index in [4.69, 9.17) is 20.8 Å². The molecule has 2 N–H and O–H groups in total. The molecule has 0 bridgehead atoms. The van der Waals surface area contributed by atoms with E-state index in [1.165, 1.54) is 0 Å². The van der Waals surface area contributed by atoms with Crippen LogP contribution in [0, 0.1) is 6.57 Å². The maximum absolute atomic E-state index is 13.0. The van der Waals surface area contributed by atoms with Crippen LogP contribution in [0.4, 0.5) is 4.79 Å². The van der Waals surface area contributed by atoms with Gasteiger partial charge in [0.2, 0.25) is 12.5 Å². The van der Waals surface area contributed by atoms with E-state index in [9.17, 15) is 14.4 Å². The second-order valence-corrected chi connectivity index (χ2v) is 8.72. The van der Waals surface area contributed by atoms with Gasteiger partial charge >= 0.3 is 12.1 Å². The summed E-state index contributed by atoms with van der Waals surface area (Å²) in [6.45, 7) is 12.3. The van der Waals surface area contributed by atoms with Crippen molar-refractivity contribution >= 4 is 18.0 Å². The van der Waals surface area contributed by atoms with Crippen LogP contribution in [-0.2, 0) is 25.7 Å². The Balaban J connectivity index is 2.03. The summed E-state index contributed by atoms with van der Waals surface area (Å²) in [4.78, 5) is 41.1. The standard InChI is InChI=1S/C26H31N3O6/c1-26(2,3)35-25(32)29-22(15-23(30)34-17-19-11-7-5-8-12-19)24(31)28-20(16-27-4)18-33-21-13-9-6-10-14-21/h5-14,20,22H,15-18H2,1-3H3,(H,28,31)(H,29,32)/t20?,22-/m1/s1. The highest BCUT2D eigenvalue weighted by molar-refractivity contribution is 5.89. The Hall–Kier alpha value is -4.06. The van der Waals surface area contributed by atoms with Crippen molar-refractivity contribution in [3.8, 4) is 5.75 Å². The molecule has 0 saturated carbocycles. The zero-order valence-corrected chi connectivity index (χ0v) is 20.2. The number of rotatable bonds is 11. The molecule has 2 atom stereocenters. The molecule has 2 amide bonds. The maximum atomic E-state index is 13.0. The molecule has 0 saturated heterocycles. The molecule has 2 rings (SSSR count). The number of hydrogen-bond donors (Lipinski definition) is 2. The predicted octanol–water partition coefficient (Wildman–Crippen LogP) is 3.50. The van der Waals surface area contributed by atoms with Crippen LogP contribution in [0.1, 0.15) is 32.8 Å². The number of alkyl carbamates (subject to hydrolysis) is 1. The summed E-state index contributed by atoms with van der Waals surface area (Å²) in [6.07, 6.45) is -1.27. The second kappa shape index (κ2) is 13.6. The summed E-state index contributed by atoms with van der Waals surface area (Å²) in [5, 5.41) is 5.11. The number of nitrogens with zero attached hydrogens (tertiary/aromatic N) is 1. The van der Waals surface area contributed by atoms with Gasteiger partial charge < -0.3 is 29.7 Å². The molecule has 0 spiro atoms. The van der Waals surface area contributed by atoms with E-state index in [0.29, 0.717) is 5.75 Å². The van der Waals surface area contributed by atoms with E-state index < -0.39 is 42.1 Å². The van der Waals surface area contributed by atoms with Gasteiger partial charge in [-0.1, -0.05) is 48.5 Å². The van der Waals surface area contributed by atoms with Gasteiger partial charge in [0, 0.05) is 0 Å². The Morgan fingerprint density at radius 2 is 1.60 bits per heavy atom. The van der Waals surface area contributed by atoms with Crippen LogP contribution >= 0.6 is 0 Å². The summed E-state index contributed by atoms with van der Waals surface area (Å²) in [6, 6.07) is 16.1. The average Bonchev–Trinajstić information content (AvgIpc) is 2.81. The SMILES string of the molecule is [C-]#[N+]CC(COc1ccccc1)NC(=O)[C@@H](CC(=O)OCc1ccccc1)NC(=O)OC(C)(C)C. The Morgan fingerprint density at radius 3 is 2.20 bits per heavy atom. The van der Waals surface area contributed by atoms with Gasteiger partial charge in [0.15, 0.2) is 0 Å². The first-order valence-electron chi connectivity index (χ1n) is 11.2. The molecule has 9 heteroatoms. The van der Waals surface area contributed by atoms with Crippen LogP contribution in [0.5, 0.6) is 5.75 Å². The van der Waals surface area contributed by atoms with Crippen LogP contribution in [0.3, 0.4) is 0 Å². The highest BCUT2D eigenvalue weighted by Crippen LogP contribution is 2.10. The van der Waals surface area contributed by atoms with Crippen LogP contribution in [0.2, 0.25) is 0 Å². The molecular weight excluding hydrogens is 450 g/mol. The number of benzene rings is 2. The number of ether oxygens (including phenoxy) is 3. The number of hydrogen-bond acceptors (Lipinski definition) is 6. The van der Waals surface area contributed by atoms with Gasteiger partial charge in [0.05, 0.1) is 6.42 Å². The Bertz CT molecular complexity index is 999. The Morgan fingerprint density at radius 1 is 0.971 bits per heavy atom. The molecule has 1 unspecified atom stereocenters. The molecule has 0 heterocycles. The van der Waals surface area contributed by atoms with Crippen molar-refractivity contribution in [2.24, 2.45) is 0 Å². The third-order valence-corrected chi connectivity index (χ3v) is 4.47. The average molecular weight is 482 g/mol. The van der Waals surface area contributed by atoms with Gasteiger partial charge in [-0.05, 0) is 38.5 Å². The molecular formula is C26H31N3O6. The third-order valence-electron chi connectivity index (χ3n) is 4.47. The molecule has 0 fully saturated rings. The highest BCUT2D eigenvalue weighted by Gasteiger charge is 2.29. The van der Waals surface area contributed by atoms with Crippen molar-refractivity contribution in [1.29, 1.82) is 0 Å². The van der Waals surface area contributed by atoms with Crippen molar-refractivity contribution < 1.29 is 28.6 Å². The minimum absolute atomic E-state index is 0.0334. The lowest BCUT2D eigenvalue weighted by atomic mass is 10.1. The molecule has 0 aliphatic heterocycles. The van der Waals surface area contributed by atoms with Crippen LogP contribution in [-0.4, -0.2) is 48.8 Å². The van der Waals surface area contributed by atoms with Crippen LogP contribution in [0.15, 0.2) is 60.7 Å². The summed E-state index contributed by atoms with van der Waals surface area (Å²) in [7, 11) is 0. The van der Waals surface area contributed by atoms with Crippen molar-refractivity contribution in [1.82, 2.24) is 10.6 Å². The molecule has 0 radical (unpaired) electrons. The van der Waals surface area contributed by atoms with E-state index in [1.807, 2.05) is 24.3 Å². The van der Waals surface area contributed by atoms with Crippen molar-refractivity contribution in [3.63, 3.8) is 0 Å². The molecule has 2 aromatic carbocycles. The van der Waals surface area contributed by atoms with Gasteiger partial charge in [-0.3, -0.25) is 9.59 Å². The number of nitrogens with one attached hydrogen (secondary N) is 2. The maximum Gasteiger partial charge on any atom is 0.408 e. The Labute approximate surface area is 205 Å². The summed E-state index contributed by atoms with van der Waals surface area (Å²) < 4.78 is 16.2. The predicted molar refractivity (Wildman–Crippen MR) is 129 cm³/mol. The van der Waals surface area contributed by atoms with E-state index in [0.717, 1.165) is 5.56 Å². The molecule has 0 aliphatic carbocycles. The zero-order valence-electron chi connectivity index (χ0n) is 20.2. The number of para-hydroxylation sites is 1. The zero-order chi connectivity index (χ0) is 25.7. The fraction of sp³-hybridized carbons (Fsp3) is 0.385. The molecule has 186 valence electrons. The van der Waals surface area contributed by atoms with Crippen molar-refractivity contribution in [3.05, 3.63) is 77.6 Å². The topological polar surface area (TPSA) is 107 Å². The van der Waals surface area contributed by atoms with Gasteiger partial charge in [-0.25, -0.2) is 11.4 Å². The first kappa shape index (κ1) is 27.2. The fourth-order valence-corrected chi connectivity index (χ4v) is 2.89. The van der Waals surface area contributed by atoms with E-state index >= 15 is 0 Å². The van der Waals surface area contributed by atoms with Gasteiger partial charge in [0.1, 0.15) is 36.6 Å². The largest absolute Gasteiger partial charge is 0.491 e. The van der Waals surface area contributed by atoms with Gasteiger partial charge in [0.25, 0.3) is 0 Å². The fourth-order valence-electron chi connectivity index (χ4n) is 2.89. The summed E-state index contributed by atoms with van der Waals surface area (Å²) >= 11 is 0. The minimum Gasteiger partial charge on any atom is -0.491 e. The normalized spacial score (nSPS) is 12.4. The number of carbonyl (C=O) groups excluding carboxylic acids is 3. The lowest BCUT2D eigenvalue weighted by molar-refractivity contribution is -0.147. The smallest absolute Gasteiger partial charge is 0.408 e. The summed E-state index contributed by atoms with van der Waals surface area (Å²) in [5.41, 5.74) is -0.00753. The first-order valence-corrected chi connectivity index (χ1v) is 11.2. The molecule has 9 nitrogen and oxygen atoms in total. The Kier molecular flexibility index (Phi) is 10.6. The van der Waals surface area contributed by atoms with Crippen molar-refractivity contribution in [2.75, 3.05) is 13.2 Å². The first-order chi connectivity index (χ1) is 16.7. The van der Waals surface area contributed by atoms with Crippen LogP contribution in [0.25, 0.3) is 4.85 Å². The monoisotopic (exact) mass is 481 g/mol. The lowest BCUT2D eigenvalue weighted by Gasteiger charge is -2.24. The molecule has 0 aliphatic rings. The second-order valence-electron chi connectivity index (χ2n) is 8.72. The van der Waals surface area contributed by atoms with E-state index in [1.54, 1.807) is 57.2 Å². The number of amides is 2. The summed E-state index contributed by atoms with van der Waals surface area (Å²) in [5.74, 6) is -0.741. The quantitative estimate of drug-likeness (QED) is 0.376. The molecule has 35 heavy (non-hydrogen) atoms. The van der Waals surface area contributed by atoms with Crippen molar-refractivity contribution in [2.45, 2.75) is 51.5 Å². The number of carbonyl (C=O) groups is 3. The van der Waals surface area contributed by atoms with E-state index in [2.05, 4.69) is 15.5 Å². The van der Waals surface area contributed by atoms with Crippen LogP contribution < -0.4 is 15.4 Å².